The number of aromatic nitrogens is 2. The number of aliphatic hydroxyl groups excluding tert-OH is 1. The van der Waals surface area contributed by atoms with E-state index in [-0.39, 0.29) is 11.5 Å². The molecule has 5 rings (SSSR count). The van der Waals surface area contributed by atoms with E-state index in [1.54, 1.807) is 13.3 Å². The second-order valence-corrected chi connectivity index (χ2v) is 12.1. The summed E-state index contributed by atoms with van der Waals surface area (Å²) in [5.41, 5.74) is -0.00161. The molecule has 174 valence electrons. The van der Waals surface area contributed by atoms with Crippen molar-refractivity contribution in [2.75, 3.05) is 13.7 Å². The number of rotatable bonds is 5. The first kappa shape index (κ1) is 21.9. The first-order chi connectivity index (χ1) is 14.8. The highest BCUT2D eigenvalue weighted by molar-refractivity contribution is 5.11. The number of hydrogen-bond acceptors (Lipinski definition) is 4. The third kappa shape index (κ3) is 3.50. The third-order valence-electron chi connectivity index (χ3n) is 10.7. The van der Waals surface area contributed by atoms with Crippen molar-refractivity contribution in [2.45, 2.75) is 89.9 Å². The standard InChI is InChI=1S/C26H42N2O3/c1-24-10-11-26(30,16-31-3)14-18(24)4-5-19-20-6-7-22(25(20,2)9-8-21(19)24)23(29)15-28-13-12-27-17-28/h12-13,17-23,29-30H,4-11,14-16H2,1-3H3/t18-,19?,20?,21?,22+,23?,24-,25-,26+/m0/s1. The monoisotopic (exact) mass is 430 g/mol. The van der Waals surface area contributed by atoms with Crippen LogP contribution in [0.5, 0.6) is 0 Å². The molecule has 1 aromatic rings. The molecule has 0 radical (unpaired) electrons. The second-order valence-electron chi connectivity index (χ2n) is 12.1. The van der Waals surface area contributed by atoms with Crippen LogP contribution in [0.3, 0.4) is 0 Å². The molecule has 0 saturated heterocycles. The average Bonchev–Trinajstić information content (AvgIpc) is 3.35. The van der Waals surface area contributed by atoms with E-state index in [1.165, 1.54) is 32.1 Å². The van der Waals surface area contributed by atoms with Crippen molar-refractivity contribution in [3.05, 3.63) is 18.7 Å². The van der Waals surface area contributed by atoms with Gasteiger partial charge in [0.25, 0.3) is 0 Å². The summed E-state index contributed by atoms with van der Waals surface area (Å²) >= 11 is 0. The van der Waals surface area contributed by atoms with Gasteiger partial charge in [0, 0.05) is 26.0 Å². The molecule has 4 saturated carbocycles. The molecule has 4 unspecified atom stereocenters. The number of aliphatic hydroxyl groups is 2. The van der Waals surface area contributed by atoms with Crippen LogP contribution < -0.4 is 0 Å². The molecule has 5 heteroatoms. The number of fused-ring (bicyclic) bond motifs is 5. The van der Waals surface area contributed by atoms with Crippen LogP contribution in [0.15, 0.2) is 18.7 Å². The van der Waals surface area contributed by atoms with Gasteiger partial charge in [0.2, 0.25) is 0 Å². The van der Waals surface area contributed by atoms with Crippen LogP contribution in [0.2, 0.25) is 0 Å². The Bertz CT molecular complexity index is 769. The molecule has 9 atom stereocenters. The Morgan fingerprint density at radius 3 is 2.61 bits per heavy atom. The van der Waals surface area contributed by atoms with Crippen molar-refractivity contribution in [3.8, 4) is 0 Å². The summed E-state index contributed by atoms with van der Waals surface area (Å²) in [5, 5.41) is 22.2. The molecule has 1 heterocycles. The Morgan fingerprint density at radius 1 is 1.06 bits per heavy atom. The van der Waals surface area contributed by atoms with Gasteiger partial charge in [-0.25, -0.2) is 4.98 Å². The highest BCUT2D eigenvalue weighted by Gasteiger charge is 2.61. The van der Waals surface area contributed by atoms with Gasteiger partial charge in [-0.1, -0.05) is 13.8 Å². The van der Waals surface area contributed by atoms with Crippen LogP contribution in [0, 0.1) is 40.4 Å². The van der Waals surface area contributed by atoms with Gasteiger partial charge in [-0.2, -0.15) is 0 Å². The van der Waals surface area contributed by atoms with Crippen LogP contribution in [-0.2, 0) is 11.3 Å². The number of imidazole rings is 1. The Hall–Kier alpha value is -0.910. The van der Waals surface area contributed by atoms with E-state index in [0.717, 1.165) is 43.4 Å². The molecule has 31 heavy (non-hydrogen) atoms. The zero-order valence-corrected chi connectivity index (χ0v) is 19.7. The predicted octanol–water partition coefficient (Wildman–Crippen LogP) is 4.28. The summed E-state index contributed by atoms with van der Waals surface area (Å²) in [6, 6.07) is 0. The summed E-state index contributed by atoms with van der Waals surface area (Å²) in [6.07, 6.45) is 15.8. The van der Waals surface area contributed by atoms with Crippen LogP contribution in [0.4, 0.5) is 0 Å². The Labute approximate surface area is 187 Å². The number of nitrogens with zero attached hydrogens (tertiary/aromatic N) is 2. The van der Waals surface area contributed by atoms with Gasteiger partial charge in [0.1, 0.15) is 0 Å². The minimum absolute atomic E-state index is 0.260. The van der Waals surface area contributed by atoms with E-state index in [1.807, 2.05) is 17.1 Å². The normalized spacial score (nSPS) is 48.0. The van der Waals surface area contributed by atoms with Gasteiger partial charge in [0.15, 0.2) is 0 Å². The summed E-state index contributed by atoms with van der Waals surface area (Å²) in [6.45, 7) is 6.18. The molecule has 0 amide bonds. The highest BCUT2D eigenvalue weighted by Crippen LogP contribution is 2.68. The molecular weight excluding hydrogens is 388 g/mol. The third-order valence-corrected chi connectivity index (χ3v) is 10.7. The molecule has 4 aliphatic rings. The fraction of sp³-hybridized carbons (Fsp3) is 0.885. The predicted molar refractivity (Wildman–Crippen MR) is 120 cm³/mol. The SMILES string of the molecule is COC[C@@]1(O)CC[C@]2(C)C3CC[C@@]4(C)C(CC[C@@H]4C(O)Cn4ccnc4)C3CC[C@H]2C1. The van der Waals surface area contributed by atoms with E-state index < -0.39 is 5.60 Å². The average molecular weight is 431 g/mol. The maximum Gasteiger partial charge on any atom is 0.0946 e. The number of methoxy groups -OCH3 is 1. The lowest BCUT2D eigenvalue weighted by Gasteiger charge is -2.62. The molecule has 2 N–H and O–H groups in total. The van der Waals surface area contributed by atoms with Gasteiger partial charge < -0.3 is 19.5 Å². The lowest BCUT2D eigenvalue weighted by molar-refractivity contribution is -0.165. The molecule has 0 aromatic carbocycles. The van der Waals surface area contributed by atoms with E-state index in [2.05, 4.69) is 18.8 Å². The molecule has 0 bridgehead atoms. The molecule has 0 spiro atoms. The van der Waals surface area contributed by atoms with Gasteiger partial charge in [-0.3, -0.25) is 0 Å². The lowest BCUT2D eigenvalue weighted by atomic mass is 9.44. The van der Waals surface area contributed by atoms with Crippen LogP contribution >= 0.6 is 0 Å². The number of hydrogen-bond donors (Lipinski definition) is 2. The highest BCUT2D eigenvalue weighted by atomic mass is 16.5. The molecule has 5 nitrogen and oxygen atoms in total. The Balaban J connectivity index is 1.32. The smallest absolute Gasteiger partial charge is 0.0946 e. The summed E-state index contributed by atoms with van der Waals surface area (Å²) in [5.74, 6) is 3.33. The second kappa shape index (κ2) is 7.85. The molecular formula is C26H42N2O3. The zero-order chi connectivity index (χ0) is 21.9. The minimum atomic E-state index is -0.620. The van der Waals surface area contributed by atoms with Crippen molar-refractivity contribution in [3.63, 3.8) is 0 Å². The van der Waals surface area contributed by atoms with Gasteiger partial charge in [-0.05, 0) is 98.2 Å². The summed E-state index contributed by atoms with van der Waals surface area (Å²) in [7, 11) is 1.71. The van der Waals surface area contributed by atoms with Crippen molar-refractivity contribution in [1.82, 2.24) is 9.55 Å². The van der Waals surface area contributed by atoms with Gasteiger partial charge >= 0.3 is 0 Å². The molecule has 4 aliphatic carbocycles. The fourth-order valence-electron chi connectivity index (χ4n) is 9.13. The van der Waals surface area contributed by atoms with E-state index in [4.69, 9.17) is 4.74 Å². The zero-order valence-electron chi connectivity index (χ0n) is 19.7. The quantitative estimate of drug-likeness (QED) is 0.732. The minimum Gasteiger partial charge on any atom is -0.391 e. The Morgan fingerprint density at radius 2 is 1.87 bits per heavy atom. The maximum atomic E-state index is 11.2. The van der Waals surface area contributed by atoms with Gasteiger partial charge in [-0.15, -0.1) is 0 Å². The van der Waals surface area contributed by atoms with Crippen molar-refractivity contribution in [1.29, 1.82) is 0 Å². The van der Waals surface area contributed by atoms with E-state index in [0.29, 0.717) is 30.4 Å². The van der Waals surface area contributed by atoms with Crippen molar-refractivity contribution >= 4 is 0 Å². The number of ether oxygens (including phenoxy) is 1. The fourth-order valence-corrected chi connectivity index (χ4v) is 9.13. The van der Waals surface area contributed by atoms with Crippen LogP contribution in [-0.4, -0.2) is 45.2 Å². The van der Waals surface area contributed by atoms with E-state index >= 15 is 0 Å². The van der Waals surface area contributed by atoms with Crippen molar-refractivity contribution in [2.24, 2.45) is 40.4 Å². The molecule has 0 aliphatic heterocycles. The molecule has 4 fully saturated rings. The van der Waals surface area contributed by atoms with Crippen molar-refractivity contribution < 1.29 is 14.9 Å². The Kier molecular flexibility index (Phi) is 5.55. The topological polar surface area (TPSA) is 67.5 Å². The van der Waals surface area contributed by atoms with E-state index in [9.17, 15) is 10.2 Å². The summed E-state index contributed by atoms with van der Waals surface area (Å²) in [4.78, 5) is 4.15. The molecule has 1 aromatic heterocycles. The largest absolute Gasteiger partial charge is 0.391 e. The first-order valence-corrected chi connectivity index (χ1v) is 12.6. The van der Waals surface area contributed by atoms with Crippen LogP contribution in [0.25, 0.3) is 0 Å². The maximum absolute atomic E-state index is 11.2. The van der Waals surface area contributed by atoms with Crippen LogP contribution in [0.1, 0.15) is 71.6 Å². The first-order valence-electron chi connectivity index (χ1n) is 12.6. The lowest BCUT2D eigenvalue weighted by Crippen LogP contribution is -2.57. The summed E-state index contributed by atoms with van der Waals surface area (Å²) < 4.78 is 7.40. The van der Waals surface area contributed by atoms with Gasteiger partial charge in [0.05, 0.1) is 24.6 Å².